The highest BCUT2D eigenvalue weighted by atomic mass is 35.5. The molecular formula is C10H8Cl2N2O. The molecule has 0 radical (unpaired) electrons. The molecule has 2 aromatic rings. The number of nitrogens with zero attached hydrogens (tertiary/aromatic N) is 1. The molecule has 0 spiro atoms. The Balaban J connectivity index is 2.91. The molecular weight excluding hydrogens is 235 g/mol. The number of nitrogen functional groups attached to an aromatic ring is 1. The van der Waals surface area contributed by atoms with Gasteiger partial charge in [0.2, 0.25) is 0 Å². The molecule has 0 unspecified atom stereocenters. The van der Waals surface area contributed by atoms with Gasteiger partial charge in [0.25, 0.3) is 0 Å². The van der Waals surface area contributed by atoms with Crippen molar-refractivity contribution < 1.29 is 4.74 Å². The van der Waals surface area contributed by atoms with E-state index in [2.05, 4.69) is 4.98 Å². The number of nitrogens with two attached hydrogens (primary N) is 1. The normalized spacial score (nSPS) is 10.6. The predicted octanol–water partition coefficient (Wildman–Crippen LogP) is 3.13. The van der Waals surface area contributed by atoms with E-state index in [1.54, 1.807) is 13.2 Å². The quantitative estimate of drug-likeness (QED) is 0.782. The number of ether oxygens (including phenoxy) is 1. The van der Waals surface area contributed by atoms with Crippen molar-refractivity contribution in [3.05, 3.63) is 28.4 Å². The Labute approximate surface area is 96.8 Å². The third-order valence-corrected chi connectivity index (χ3v) is 2.82. The Morgan fingerprint density at radius 2 is 2.07 bits per heavy atom. The topological polar surface area (TPSA) is 48.1 Å². The van der Waals surface area contributed by atoms with Gasteiger partial charge < -0.3 is 10.5 Å². The Bertz CT molecular complexity index is 528. The molecule has 0 saturated heterocycles. The minimum absolute atomic E-state index is 0.192. The first-order valence-corrected chi connectivity index (χ1v) is 4.98. The van der Waals surface area contributed by atoms with Gasteiger partial charge in [0.15, 0.2) is 5.15 Å². The fourth-order valence-electron chi connectivity index (χ4n) is 1.37. The van der Waals surface area contributed by atoms with E-state index in [0.29, 0.717) is 22.0 Å². The molecule has 0 atom stereocenters. The molecule has 1 aromatic carbocycles. The van der Waals surface area contributed by atoms with Gasteiger partial charge in [-0.1, -0.05) is 35.3 Å². The monoisotopic (exact) mass is 242 g/mol. The second-order valence-electron chi connectivity index (χ2n) is 2.99. The smallest absolute Gasteiger partial charge is 0.154 e. The zero-order chi connectivity index (χ0) is 11.0. The Kier molecular flexibility index (Phi) is 2.59. The Hall–Kier alpha value is -1.19. The molecule has 0 saturated carbocycles. The highest BCUT2D eigenvalue weighted by Crippen LogP contribution is 2.36. The molecule has 0 amide bonds. The SMILES string of the molecule is COc1cccc2c(Cl)c(N)c(Cl)nc12. The van der Waals surface area contributed by atoms with Gasteiger partial charge in [0.05, 0.1) is 17.8 Å². The number of para-hydroxylation sites is 1. The van der Waals surface area contributed by atoms with Crippen molar-refractivity contribution in [1.29, 1.82) is 0 Å². The fraction of sp³-hybridized carbons (Fsp3) is 0.100. The maximum Gasteiger partial charge on any atom is 0.154 e. The standard InChI is InChI=1S/C10H8Cl2N2O/c1-15-6-4-2-3-5-7(11)8(13)10(12)14-9(5)6/h2-4H,13H2,1H3. The lowest BCUT2D eigenvalue weighted by atomic mass is 10.2. The van der Waals surface area contributed by atoms with Gasteiger partial charge in [-0.3, -0.25) is 0 Å². The number of fused-ring (bicyclic) bond motifs is 1. The molecule has 3 nitrogen and oxygen atoms in total. The molecule has 2 N–H and O–H groups in total. The van der Waals surface area contributed by atoms with Crippen molar-refractivity contribution in [3.63, 3.8) is 0 Å². The number of methoxy groups -OCH3 is 1. The Morgan fingerprint density at radius 3 is 2.73 bits per heavy atom. The van der Waals surface area contributed by atoms with E-state index in [0.717, 1.165) is 5.39 Å². The summed E-state index contributed by atoms with van der Waals surface area (Å²) >= 11 is 11.9. The van der Waals surface area contributed by atoms with Gasteiger partial charge >= 0.3 is 0 Å². The van der Waals surface area contributed by atoms with Crippen molar-refractivity contribution in [3.8, 4) is 5.75 Å². The van der Waals surface area contributed by atoms with Crippen LogP contribution in [-0.2, 0) is 0 Å². The van der Waals surface area contributed by atoms with E-state index in [4.69, 9.17) is 33.7 Å². The lowest BCUT2D eigenvalue weighted by Gasteiger charge is -2.08. The van der Waals surface area contributed by atoms with Crippen molar-refractivity contribution in [2.75, 3.05) is 12.8 Å². The van der Waals surface area contributed by atoms with Crippen molar-refractivity contribution in [2.24, 2.45) is 0 Å². The maximum atomic E-state index is 6.06. The van der Waals surface area contributed by atoms with Crippen LogP contribution in [-0.4, -0.2) is 12.1 Å². The number of pyridine rings is 1. The first kappa shape index (κ1) is 10.3. The molecule has 1 heterocycles. The predicted molar refractivity (Wildman–Crippen MR) is 62.7 cm³/mol. The molecule has 0 bridgehead atoms. The lowest BCUT2D eigenvalue weighted by Crippen LogP contribution is -1.94. The van der Waals surface area contributed by atoms with Crippen LogP contribution in [0.2, 0.25) is 10.2 Å². The van der Waals surface area contributed by atoms with E-state index in [-0.39, 0.29) is 5.15 Å². The number of hydrogen-bond donors (Lipinski definition) is 1. The van der Waals surface area contributed by atoms with Crippen molar-refractivity contribution in [1.82, 2.24) is 4.98 Å². The molecule has 0 aliphatic heterocycles. The minimum atomic E-state index is 0.192. The van der Waals surface area contributed by atoms with Gasteiger partial charge in [0.1, 0.15) is 11.3 Å². The average Bonchev–Trinajstić information content (AvgIpc) is 2.25. The largest absolute Gasteiger partial charge is 0.494 e. The summed E-state index contributed by atoms with van der Waals surface area (Å²) in [5.74, 6) is 0.622. The molecule has 5 heteroatoms. The average molecular weight is 243 g/mol. The van der Waals surface area contributed by atoms with Crippen LogP contribution in [0.25, 0.3) is 10.9 Å². The first-order valence-electron chi connectivity index (χ1n) is 4.22. The van der Waals surface area contributed by atoms with Crippen LogP contribution in [0.4, 0.5) is 5.69 Å². The zero-order valence-electron chi connectivity index (χ0n) is 7.92. The van der Waals surface area contributed by atoms with E-state index in [1.165, 1.54) is 0 Å². The van der Waals surface area contributed by atoms with Crippen LogP contribution < -0.4 is 10.5 Å². The Morgan fingerprint density at radius 1 is 1.33 bits per heavy atom. The van der Waals surface area contributed by atoms with E-state index >= 15 is 0 Å². The summed E-state index contributed by atoms with van der Waals surface area (Å²) in [6, 6.07) is 5.43. The second kappa shape index (κ2) is 3.76. The number of rotatable bonds is 1. The van der Waals surface area contributed by atoms with Crippen LogP contribution in [0, 0.1) is 0 Å². The van der Waals surface area contributed by atoms with Crippen molar-refractivity contribution in [2.45, 2.75) is 0 Å². The van der Waals surface area contributed by atoms with Gasteiger partial charge in [-0.2, -0.15) is 0 Å². The molecule has 0 aliphatic carbocycles. The molecule has 1 aromatic heterocycles. The molecule has 0 fully saturated rings. The van der Waals surface area contributed by atoms with Gasteiger partial charge in [0, 0.05) is 5.39 Å². The summed E-state index contributed by atoms with van der Waals surface area (Å²) in [5, 5.41) is 1.33. The molecule has 0 aliphatic rings. The summed E-state index contributed by atoms with van der Waals surface area (Å²) in [6.45, 7) is 0. The third kappa shape index (κ3) is 1.58. The summed E-state index contributed by atoms with van der Waals surface area (Å²) in [6.07, 6.45) is 0. The number of aromatic nitrogens is 1. The summed E-state index contributed by atoms with van der Waals surface area (Å²) in [5.41, 5.74) is 6.58. The fourth-order valence-corrected chi connectivity index (χ4v) is 1.84. The van der Waals surface area contributed by atoms with Crippen molar-refractivity contribution >= 4 is 39.8 Å². The van der Waals surface area contributed by atoms with Gasteiger partial charge in [-0.25, -0.2) is 4.98 Å². The number of anilines is 1. The van der Waals surface area contributed by atoms with E-state index in [1.807, 2.05) is 12.1 Å². The highest BCUT2D eigenvalue weighted by molar-refractivity contribution is 6.41. The van der Waals surface area contributed by atoms with Crippen LogP contribution in [0.1, 0.15) is 0 Å². The lowest BCUT2D eigenvalue weighted by molar-refractivity contribution is 0.419. The number of halogens is 2. The molecule has 2 rings (SSSR count). The van der Waals surface area contributed by atoms with Crippen LogP contribution in [0.5, 0.6) is 5.75 Å². The van der Waals surface area contributed by atoms with Crippen LogP contribution >= 0.6 is 23.2 Å². The zero-order valence-corrected chi connectivity index (χ0v) is 9.43. The van der Waals surface area contributed by atoms with E-state index < -0.39 is 0 Å². The van der Waals surface area contributed by atoms with Gasteiger partial charge in [-0.05, 0) is 6.07 Å². The third-order valence-electron chi connectivity index (χ3n) is 2.12. The summed E-state index contributed by atoms with van der Waals surface area (Å²) < 4.78 is 5.16. The first-order chi connectivity index (χ1) is 7.15. The van der Waals surface area contributed by atoms with E-state index in [9.17, 15) is 0 Å². The number of benzene rings is 1. The molecule has 78 valence electrons. The molecule has 15 heavy (non-hydrogen) atoms. The van der Waals surface area contributed by atoms with Crippen LogP contribution in [0.15, 0.2) is 18.2 Å². The number of hydrogen-bond acceptors (Lipinski definition) is 3. The second-order valence-corrected chi connectivity index (χ2v) is 3.72. The van der Waals surface area contributed by atoms with Crippen LogP contribution in [0.3, 0.4) is 0 Å². The summed E-state index contributed by atoms with van der Waals surface area (Å²) in [4.78, 5) is 4.14. The highest BCUT2D eigenvalue weighted by Gasteiger charge is 2.12. The van der Waals surface area contributed by atoms with Gasteiger partial charge in [-0.15, -0.1) is 0 Å². The minimum Gasteiger partial charge on any atom is -0.494 e. The maximum absolute atomic E-state index is 6.06. The summed E-state index contributed by atoms with van der Waals surface area (Å²) in [7, 11) is 1.56.